The lowest BCUT2D eigenvalue weighted by atomic mass is 10.2. The quantitative estimate of drug-likeness (QED) is 0.900. The second kappa shape index (κ2) is 6.59. The van der Waals surface area contributed by atoms with Crippen molar-refractivity contribution < 1.29 is 9.53 Å². The number of amides is 2. The number of aromatic nitrogens is 3. The van der Waals surface area contributed by atoms with Crippen LogP contribution in [-0.4, -0.2) is 40.5 Å². The topological polar surface area (TPSA) is 89.0 Å². The minimum Gasteiger partial charge on any atom is -0.376 e. The van der Waals surface area contributed by atoms with Gasteiger partial charge in [0, 0.05) is 19.3 Å². The molecule has 7 nitrogen and oxygen atoms in total. The van der Waals surface area contributed by atoms with E-state index in [1.165, 1.54) is 11.3 Å². The molecule has 1 aliphatic rings. The molecular weight excluding hydrogens is 290 g/mol. The Morgan fingerprint density at radius 3 is 3.14 bits per heavy atom. The third-order valence-corrected chi connectivity index (χ3v) is 3.90. The van der Waals surface area contributed by atoms with Crippen LogP contribution in [0.5, 0.6) is 0 Å². The Kier molecular flexibility index (Phi) is 4.37. The van der Waals surface area contributed by atoms with Gasteiger partial charge in [-0.15, -0.1) is 10.2 Å². The van der Waals surface area contributed by atoms with E-state index in [0.717, 1.165) is 25.1 Å². The van der Waals surface area contributed by atoms with Crippen LogP contribution in [0.15, 0.2) is 24.4 Å². The molecule has 2 N–H and O–H groups in total. The molecule has 1 saturated heterocycles. The fourth-order valence-electron chi connectivity index (χ4n) is 2.02. The van der Waals surface area contributed by atoms with Crippen molar-refractivity contribution in [3.63, 3.8) is 0 Å². The van der Waals surface area contributed by atoms with Gasteiger partial charge in [-0.05, 0) is 25.0 Å². The summed E-state index contributed by atoms with van der Waals surface area (Å²) in [6.45, 7) is 1.29. The average Bonchev–Trinajstić information content (AvgIpc) is 3.17. The molecule has 1 aliphatic heterocycles. The molecule has 0 spiro atoms. The molecule has 2 amide bonds. The molecule has 1 unspecified atom stereocenters. The number of hydrogen-bond donors (Lipinski definition) is 2. The highest BCUT2D eigenvalue weighted by molar-refractivity contribution is 7.18. The fourth-order valence-corrected chi connectivity index (χ4v) is 2.74. The summed E-state index contributed by atoms with van der Waals surface area (Å²) in [4.78, 5) is 16.0. The number of carbonyl (C=O) groups is 1. The largest absolute Gasteiger partial charge is 0.376 e. The standard InChI is InChI=1S/C13H15N5O2S/c19-12(15-8-9-4-3-7-20-9)16-13-18-17-11(21-13)10-5-1-2-6-14-10/h1-2,5-6,9H,3-4,7-8H2,(H2,15,16,18,19). The van der Waals surface area contributed by atoms with E-state index < -0.39 is 0 Å². The van der Waals surface area contributed by atoms with Crippen molar-refractivity contribution in [3.8, 4) is 10.7 Å². The number of nitrogens with one attached hydrogen (secondary N) is 2. The van der Waals surface area contributed by atoms with Crippen molar-refractivity contribution in [3.05, 3.63) is 24.4 Å². The summed E-state index contributed by atoms with van der Waals surface area (Å²) in [6, 6.07) is 5.27. The maximum Gasteiger partial charge on any atom is 0.321 e. The molecule has 8 heteroatoms. The van der Waals surface area contributed by atoms with E-state index in [9.17, 15) is 4.79 Å². The lowest BCUT2D eigenvalue weighted by Gasteiger charge is -2.10. The molecule has 0 aromatic carbocycles. The smallest absolute Gasteiger partial charge is 0.321 e. The number of ether oxygens (including phenoxy) is 1. The number of nitrogens with zero attached hydrogens (tertiary/aromatic N) is 3. The second-order valence-electron chi connectivity index (χ2n) is 4.60. The zero-order chi connectivity index (χ0) is 14.5. The van der Waals surface area contributed by atoms with Crippen LogP contribution >= 0.6 is 11.3 Å². The third kappa shape index (κ3) is 3.73. The molecule has 3 rings (SSSR count). The Labute approximate surface area is 125 Å². The van der Waals surface area contributed by atoms with Gasteiger partial charge in [0.15, 0.2) is 5.01 Å². The molecule has 0 aliphatic carbocycles. The summed E-state index contributed by atoms with van der Waals surface area (Å²) < 4.78 is 5.44. The zero-order valence-corrected chi connectivity index (χ0v) is 12.1. The highest BCUT2D eigenvalue weighted by Crippen LogP contribution is 2.24. The first-order chi connectivity index (χ1) is 10.3. The van der Waals surface area contributed by atoms with E-state index in [1.807, 2.05) is 18.2 Å². The van der Waals surface area contributed by atoms with Crippen LogP contribution in [0, 0.1) is 0 Å². The van der Waals surface area contributed by atoms with Gasteiger partial charge in [0.1, 0.15) is 5.69 Å². The lowest BCUT2D eigenvalue weighted by molar-refractivity contribution is 0.112. The molecule has 0 radical (unpaired) electrons. The summed E-state index contributed by atoms with van der Waals surface area (Å²) >= 11 is 1.28. The number of rotatable bonds is 4. The Morgan fingerprint density at radius 1 is 1.43 bits per heavy atom. The Hall–Kier alpha value is -2.06. The van der Waals surface area contributed by atoms with Crippen molar-refractivity contribution in [1.29, 1.82) is 0 Å². The monoisotopic (exact) mass is 305 g/mol. The van der Waals surface area contributed by atoms with Crippen LogP contribution in [0.4, 0.5) is 9.93 Å². The fraction of sp³-hybridized carbons (Fsp3) is 0.385. The van der Waals surface area contributed by atoms with Crippen molar-refractivity contribution in [2.45, 2.75) is 18.9 Å². The first-order valence-electron chi connectivity index (χ1n) is 6.72. The van der Waals surface area contributed by atoms with E-state index in [1.54, 1.807) is 6.20 Å². The van der Waals surface area contributed by atoms with Gasteiger partial charge in [-0.1, -0.05) is 17.4 Å². The molecule has 2 aromatic rings. The second-order valence-corrected chi connectivity index (χ2v) is 5.57. The van der Waals surface area contributed by atoms with E-state index in [-0.39, 0.29) is 12.1 Å². The minimum absolute atomic E-state index is 0.120. The van der Waals surface area contributed by atoms with Gasteiger partial charge in [0.05, 0.1) is 6.10 Å². The molecule has 2 aromatic heterocycles. The van der Waals surface area contributed by atoms with Crippen molar-refractivity contribution >= 4 is 22.5 Å². The molecule has 3 heterocycles. The molecular formula is C13H15N5O2S. The van der Waals surface area contributed by atoms with E-state index in [4.69, 9.17) is 4.74 Å². The summed E-state index contributed by atoms with van der Waals surface area (Å²) in [5, 5.41) is 14.5. The summed E-state index contributed by atoms with van der Waals surface area (Å²) in [7, 11) is 0. The first-order valence-corrected chi connectivity index (χ1v) is 7.54. The Morgan fingerprint density at radius 2 is 2.38 bits per heavy atom. The van der Waals surface area contributed by atoms with Crippen LogP contribution in [0.1, 0.15) is 12.8 Å². The maximum absolute atomic E-state index is 11.8. The van der Waals surface area contributed by atoms with Crippen molar-refractivity contribution in [1.82, 2.24) is 20.5 Å². The van der Waals surface area contributed by atoms with Gasteiger partial charge in [0.25, 0.3) is 0 Å². The predicted molar refractivity (Wildman–Crippen MR) is 79.1 cm³/mol. The lowest BCUT2D eigenvalue weighted by Crippen LogP contribution is -2.34. The molecule has 21 heavy (non-hydrogen) atoms. The summed E-state index contributed by atoms with van der Waals surface area (Å²) in [6.07, 6.45) is 3.85. The van der Waals surface area contributed by atoms with Crippen LogP contribution in [0.2, 0.25) is 0 Å². The van der Waals surface area contributed by atoms with E-state index >= 15 is 0 Å². The Balaban J connectivity index is 1.53. The Bertz CT molecular complexity index is 598. The normalized spacial score (nSPS) is 17.6. The average molecular weight is 305 g/mol. The van der Waals surface area contributed by atoms with Gasteiger partial charge >= 0.3 is 6.03 Å². The number of pyridine rings is 1. The molecule has 1 fully saturated rings. The van der Waals surface area contributed by atoms with Crippen LogP contribution in [0.25, 0.3) is 10.7 Å². The van der Waals surface area contributed by atoms with Crippen LogP contribution < -0.4 is 10.6 Å². The number of anilines is 1. The zero-order valence-electron chi connectivity index (χ0n) is 11.3. The van der Waals surface area contributed by atoms with E-state index in [2.05, 4.69) is 25.8 Å². The number of hydrogen-bond acceptors (Lipinski definition) is 6. The van der Waals surface area contributed by atoms with Gasteiger partial charge in [0.2, 0.25) is 5.13 Å². The minimum atomic E-state index is -0.297. The van der Waals surface area contributed by atoms with Crippen molar-refractivity contribution in [2.24, 2.45) is 0 Å². The highest BCUT2D eigenvalue weighted by Gasteiger charge is 2.16. The molecule has 1 atom stereocenters. The van der Waals surface area contributed by atoms with Gasteiger partial charge in [-0.3, -0.25) is 10.3 Å². The van der Waals surface area contributed by atoms with Gasteiger partial charge in [-0.25, -0.2) is 4.79 Å². The predicted octanol–water partition coefficient (Wildman–Crippen LogP) is 1.90. The highest BCUT2D eigenvalue weighted by atomic mass is 32.1. The maximum atomic E-state index is 11.8. The molecule has 0 bridgehead atoms. The molecule has 0 saturated carbocycles. The number of carbonyl (C=O) groups excluding carboxylic acids is 1. The van der Waals surface area contributed by atoms with Crippen LogP contribution in [-0.2, 0) is 4.74 Å². The first kappa shape index (κ1) is 13.9. The number of urea groups is 1. The van der Waals surface area contributed by atoms with Crippen molar-refractivity contribution in [2.75, 3.05) is 18.5 Å². The van der Waals surface area contributed by atoms with Gasteiger partial charge < -0.3 is 10.1 Å². The summed E-state index contributed by atoms with van der Waals surface area (Å²) in [5.74, 6) is 0. The van der Waals surface area contributed by atoms with Crippen LogP contribution in [0.3, 0.4) is 0 Å². The van der Waals surface area contributed by atoms with Gasteiger partial charge in [-0.2, -0.15) is 0 Å². The SMILES string of the molecule is O=C(NCC1CCCO1)Nc1nnc(-c2ccccn2)s1. The van der Waals surface area contributed by atoms with E-state index in [0.29, 0.717) is 16.7 Å². The molecule has 110 valence electrons. The third-order valence-electron chi connectivity index (χ3n) is 3.04. The summed E-state index contributed by atoms with van der Waals surface area (Å²) in [5.41, 5.74) is 0.739.